The molecule has 1 aromatic heterocycles. The van der Waals surface area contributed by atoms with Crippen LogP contribution in [-0.4, -0.2) is 40.3 Å². The monoisotopic (exact) mass is 269 g/mol. The third kappa shape index (κ3) is 2.62. The number of amidine groups is 2. The van der Waals surface area contributed by atoms with Crippen LogP contribution in [0.2, 0.25) is 0 Å². The molecule has 9 heteroatoms. The summed E-state index contributed by atoms with van der Waals surface area (Å²) in [5, 5.41) is 3.94. The van der Waals surface area contributed by atoms with Gasteiger partial charge in [0.25, 0.3) is 5.56 Å². The van der Waals surface area contributed by atoms with Crippen molar-refractivity contribution in [1.29, 1.82) is 0 Å². The molecule has 0 fully saturated rings. The van der Waals surface area contributed by atoms with E-state index in [9.17, 15) is 4.79 Å². The molecule has 0 saturated carbocycles. The fourth-order valence-corrected chi connectivity index (χ4v) is 1.56. The zero-order valence-corrected chi connectivity index (χ0v) is 10.8. The largest absolute Gasteiger partial charge is 0.466 e. The van der Waals surface area contributed by atoms with Crippen molar-refractivity contribution < 1.29 is 9.47 Å². The van der Waals surface area contributed by atoms with Gasteiger partial charge in [0, 0.05) is 26.2 Å². The Labute approximate surface area is 107 Å². The maximum atomic E-state index is 11.2. The number of hydrogen-bond acceptors (Lipinski definition) is 8. The van der Waals surface area contributed by atoms with Gasteiger partial charge in [0.2, 0.25) is 5.88 Å². The van der Waals surface area contributed by atoms with E-state index in [0.717, 1.165) is 12.1 Å². The molecule has 8 nitrogen and oxygen atoms in total. The van der Waals surface area contributed by atoms with E-state index in [1.165, 1.54) is 23.9 Å². The molecular formula is C9H11N5O3S. The average molecular weight is 269 g/mol. The third-order valence-corrected chi connectivity index (χ3v) is 2.66. The lowest BCUT2D eigenvalue weighted by atomic mass is 10.5. The van der Waals surface area contributed by atoms with Crippen LogP contribution in [0.1, 0.15) is 0 Å². The topological polar surface area (TPSA) is 81.3 Å². The second-order valence-electron chi connectivity index (χ2n) is 3.29. The molecule has 0 bridgehead atoms. The highest BCUT2D eigenvalue weighted by atomic mass is 32.2. The Morgan fingerprint density at radius 1 is 1.33 bits per heavy atom. The standard InChI is InChI=1S/C9H11N5O3S/c1-13-7(15)5-4-6(11-13)17-9-10-8(16-3)12-18-14(9)2/h4-5H,1-3H3. The van der Waals surface area contributed by atoms with Gasteiger partial charge in [0.05, 0.1) is 7.11 Å². The predicted molar refractivity (Wildman–Crippen MR) is 67.3 cm³/mol. The lowest BCUT2D eigenvalue weighted by molar-refractivity contribution is 0.389. The number of ether oxygens (including phenoxy) is 2. The molecule has 0 N–H and O–H groups in total. The van der Waals surface area contributed by atoms with E-state index in [1.807, 2.05) is 0 Å². The number of nitrogens with zero attached hydrogens (tertiary/aromatic N) is 5. The molecule has 0 aliphatic carbocycles. The highest BCUT2D eigenvalue weighted by Gasteiger charge is 2.18. The summed E-state index contributed by atoms with van der Waals surface area (Å²) in [5.41, 5.74) is -0.213. The van der Waals surface area contributed by atoms with E-state index in [2.05, 4.69) is 14.5 Å². The molecule has 0 atom stereocenters. The number of methoxy groups -OCH3 is 1. The minimum Gasteiger partial charge on any atom is -0.466 e. The Morgan fingerprint density at radius 2 is 2.11 bits per heavy atom. The number of rotatable bonds is 1. The van der Waals surface area contributed by atoms with Crippen LogP contribution in [0.4, 0.5) is 0 Å². The molecular weight excluding hydrogens is 258 g/mol. The SMILES string of the molecule is COC1=NSN(C)C(Oc2ccc(=O)n(C)n2)=N1. The minimum absolute atomic E-state index is 0.206. The second-order valence-corrected chi connectivity index (χ2v) is 4.18. The fourth-order valence-electron chi connectivity index (χ4n) is 1.10. The first kappa shape index (κ1) is 12.4. The fraction of sp³-hybridized carbons (Fsp3) is 0.333. The van der Waals surface area contributed by atoms with Crippen molar-refractivity contribution in [1.82, 2.24) is 14.1 Å². The molecule has 0 radical (unpaired) electrons. The van der Waals surface area contributed by atoms with Crippen molar-refractivity contribution in [2.24, 2.45) is 16.4 Å². The van der Waals surface area contributed by atoms with Crippen LogP contribution >= 0.6 is 12.1 Å². The molecule has 18 heavy (non-hydrogen) atoms. The molecule has 1 aliphatic heterocycles. The summed E-state index contributed by atoms with van der Waals surface area (Å²) in [5.74, 6) is 0.264. The average Bonchev–Trinajstić information content (AvgIpc) is 2.36. The molecule has 0 unspecified atom stereocenters. The zero-order valence-electron chi connectivity index (χ0n) is 10.0. The summed E-state index contributed by atoms with van der Waals surface area (Å²) in [7, 11) is 4.75. The van der Waals surface area contributed by atoms with Crippen LogP contribution in [-0.2, 0) is 11.8 Å². The smallest absolute Gasteiger partial charge is 0.329 e. The van der Waals surface area contributed by atoms with E-state index >= 15 is 0 Å². The van der Waals surface area contributed by atoms with Crippen molar-refractivity contribution in [3.8, 4) is 5.88 Å². The maximum Gasteiger partial charge on any atom is 0.329 e. The number of hydrogen-bond donors (Lipinski definition) is 0. The maximum absolute atomic E-state index is 11.2. The van der Waals surface area contributed by atoms with Gasteiger partial charge in [-0.05, 0) is 0 Å². The van der Waals surface area contributed by atoms with Gasteiger partial charge in [0.1, 0.15) is 12.1 Å². The van der Waals surface area contributed by atoms with Gasteiger partial charge in [-0.25, -0.2) is 4.68 Å². The Bertz CT molecular complexity index is 568. The van der Waals surface area contributed by atoms with Gasteiger partial charge in [-0.3, -0.25) is 9.10 Å². The molecule has 0 spiro atoms. The molecule has 2 heterocycles. The summed E-state index contributed by atoms with van der Waals surface area (Å²) in [4.78, 5) is 15.2. The lowest BCUT2D eigenvalue weighted by Gasteiger charge is -2.19. The first-order valence-electron chi connectivity index (χ1n) is 4.94. The molecule has 0 aromatic carbocycles. The van der Waals surface area contributed by atoms with Gasteiger partial charge in [-0.1, -0.05) is 0 Å². The quantitative estimate of drug-likeness (QED) is 0.669. The van der Waals surface area contributed by atoms with E-state index in [0.29, 0.717) is 0 Å². The summed E-state index contributed by atoms with van der Waals surface area (Å²) < 4.78 is 17.1. The van der Waals surface area contributed by atoms with Crippen molar-refractivity contribution in [3.05, 3.63) is 22.5 Å². The van der Waals surface area contributed by atoms with Crippen LogP contribution in [0, 0.1) is 0 Å². The summed E-state index contributed by atoms with van der Waals surface area (Å²) in [6.45, 7) is 0. The molecule has 1 aromatic rings. The summed E-state index contributed by atoms with van der Waals surface area (Å²) >= 11 is 1.13. The summed E-state index contributed by atoms with van der Waals surface area (Å²) in [6, 6.07) is 3.32. The van der Waals surface area contributed by atoms with Crippen LogP contribution < -0.4 is 10.3 Å². The van der Waals surface area contributed by atoms with E-state index < -0.39 is 0 Å². The highest BCUT2D eigenvalue weighted by Crippen LogP contribution is 2.17. The van der Waals surface area contributed by atoms with Gasteiger partial charge in [-0.2, -0.15) is 0 Å². The number of aliphatic imine (C=N–C) groups is 1. The van der Waals surface area contributed by atoms with E-state index in [1.54, 1.807) is 18.4 Å². The van der Waals surface area contributed by atoms with Gasteiger partial charge >= 0.3 is 12.0 Å². The first-order valence-corrected chi connectivity index (χ1v) is 5.67. The van der Waals surface area contributed by atoms with E-state index in [-0.39, 0.29) is 23.5 Å². The lowest BCUT2D eigenvalue weighted by Crippen LogP contribution is -2.30. The van der Waals surface area contributed by atoms with Crippen LogP contribution in [0.5, 0.6) is 5.88 Å². The normalized spacial score (nSPS) is 14.9. The third-order valence-electron chi connectivity index (χ3n) is 2.02. The Morgan fingerprint density at radius 3 is 2.78 bits per heavy atom. The minimum atomic E-state index is -0.213. The molecule has 96 valence electrons. The number of aromatic nitrogens is 2. The van der Waals surface area contributed by atoms with Crippen molar-refractivity contribution in [2.75, 3.05) is 14.2 Å². The van der Waals surface area contributed by atoms with Crippen molar-refractivity contribution >= 4 is 24.2 Å². The van der Waals surface area contributed by atoms with Crippen LogP contribution in [0.25, 0.3) is 0 Å². The molecule has 2 rings (SSSR count). The Kier molecular flexibility index (Phi) is 3.51. The Balaban J connectivity index is 2.22. The van der Waals surface area contributed by atoms with Crippen LogP contribution in [0.15, 0.2) is 26.3 Å². The second kappa shape index (κ2) is 5.08. The zero-order chi connectivity index (χ0) is 13.1. The predicted octanol–water partition coefficient (Wildman–Crippen LogP) is 0.0261. The highest BCUT2D eigenvalue weighted by molar-refractivity contribution is 7.96. The molecule has 1 aliphatic rings. The van der Waals surface area contributed by atoms with Gasteiger partial charge in [0.15, 0.2) is 0 Å². The summed E-state index contributed by atoms with van der Waals surface area (Å²) in [6.07, 6.45) is 0. The van der Waals surface area contributed by atoms with Gasteiger partial charge < -0.3 is 9.47 Å². The van der Waals surface area contributed by atoms with Gasteiger partial charge in [-0.15, -0.1) is 14.5 Å². The van der Waals surface area contributed by atoms with E-state index in [4.69, 9.17) is 9.47 Å². The van der Waals surface area contributed by atoms with Crippen molar-refractivity contribution in [2.45, 2.75) is 0 Å². The molecule has 0 saturated heterocycles. The number of aryl methyl sites for hydroxylation is 1. The van der Waals surface area contributed by atoms with Crippen molar-refractivity contribution in [3.63, 3.8) is 0 Å². The van der Waals surface area contributed by atoms with Crippen LogP contribution in [0.3, 0.4) is 0 Å². The molecule has 0 amide bonds. The Hall–Kier alpha value is -2.03. The first-order chi connectivity index (χ1) is 8.60.